The second-order valence-corrected chi connectivity index (χ2v) is 6.79. The van der Waals surface area contributed by atoms with E-state index in [9.17, 15) is 13.6 Å². The number of carbonyl (C=O) groups is 1. The Bertz CT molecular complexity index is 1300. The molecule has 4 rings (SSSR count). The molecule has 0 fully saturated rings. The van der Waals surface area contributed by atoms with Crippen LogP contribution < -0.4 is 15.4 Å². The second-order valence-electron chi connectivity index (χ2n) is 6.79. The lowest BCUT2D eigenvalue weighted by Gasteiger charge is -2.11. The largest absolute Gasteiger partial charge is 0.494 e. The summed E-state index contributed by atoms with van der Waals surface area (Å²) in [7, 11) is 2.85. The molecule has 0 aliphatic rings. The molecule has 0 spiro atoms. The SMILES string of the molecule is CNC(=O)c1ccc(Nc2nccn3c(-c4ccc(OC)c(F)c4F)cnc23)cc1C. The van der Waals surface area contributed by atoms with Crippen LogP contribution in [-0.4, -0.2) is 34.4 Å². The van der Waals surface area contributed by atoms with Crippen molar-refractivity contribution in [1.29, 1.82) is 0 Å². The first-order valence-corrected chi connectivity index (χ1v) is 9.38. The molecule has 0 radical (unpaired) electrons. The number of aryl methyl sites for hydroxylation is 1. The van der Waals surface area contributed by atoms with Gasteiger partial charge in [-0.2, -0.15) is 4.39 Å². The second kappa shape index (κ2) is 8.02. The number of nitrogens with one attached hydrogen (secondary N) is 2. The third kappa shape index (κ3) is 3.54. The van der Waals surface area contributed by atoms with Gasteiger partial charge in [0.15, 0.2) is 23.0 Å². The summed E-state index contributed by atoms with van der Waals surface area (Å²) < 4.78 is 35.2. The predicted octanol–water partition coefficient (Wildman–Crippen LogP) is 4.09. The van der Waals surface area contributed by atoms with E-state index >= 15 is 0 Å². The molecule has 0 unspecified atom stereocenters. The van der Waals surface area contributed by atoms with E-state index in [1.165, 1.54) is 31.6 Å². The summed E-state index contributed by atoms with van der Waals surface area (Å²) >= 11 is 0. The van der Waals surface area contributed by atoms with Crippen LogP contribution in [-0.2, 0) is 0 Å². The Labute approximate surface area is 176 Å². The third-order valence-electron chi connectivity index (χ3n) is 4.93. The lowest BCUT2D eigenvalue weighted by Crippen LogP contribution is -2.18. The smallest absolute Gasteiger partial charge is 0.251 e. The Kier molecular flexibility index (Phi) is 5.24. The number of methoxy groups -OCH3 is 1. The molecule has 9 heteroatoms. The molecule has 0 aliphatic heterocycles. The molecule has 2 aromatic heterocycles. The number of anilines is 2. The van der Waals surface area contributed by atoms with E-state index < -0.39 is 11.6 Å². The maximum absolute atomic E-state index is 14.6. The standard InChI is InChI=1S/C22H19F2N5O2/c1-12-10-13(4-5-14(12)22(30)25-2)28-20-21-27-11-16(29(21)9-8-26-20)15-6-7-17(31-3)19(24)18(15)23/h4-11H,1-3H3,(H,25,30)(H,26,28). The van der Waals surface area contributed by atoms with E-state index in [1.807, 2.05) is 13.0 Å². The number of rotatable bonds is 5. The van der Waals surface area contributed by atoms with Gasteiger partial charge in [0.25, 0.3) is 5.91 Å². The molecule has 0 bridgehead atoms. The number of aromatic nitrogens is 3. The average Bonchev–Trinajstić information content (AvgIpc) is 3.20. The van der Waals surface area contributed by atoms with E-state index in [0.29, 0.717) is 28.4 Å². The van der Waals surface area contributed by atoms with Crippen molar-refractivity contribution < 1.29 is 18.3 Å². The predicted molar refractivity (Wildman–Crippen MR) is 113 cm³/mol. The van der Waals surface area contributed by atoms with Crippen LogP contribution in [0, 0.1) is 18.6 Å². The molecule has 0 aliphatic carbocycles. The number of imidazole rings is 1. The van der Waals surface area contributed by atoms with Crippen LogP contribution in [0.15, 0.2) is 48.9 Å². The number of ether oxygens (including phenoxy) is 1. The van der Waals surface area contributed by atoms with Gasteiger partial charge in [0.05, 0.1) is 19.0 Å². The van der Waals surface area contributed by atoms with Crippen molar-refractivity contribution in [1.82, 2.24) is 19.7 Å². The number of benzene rings is 2. The third-order valence-corrected chi connectivity index (χ3v) is 4.93. The quantitative estimate of drug-likeness (QED) is 0.505. The van der Waals surface area contributed by atoms with E-state index in [4.69, 9.17) is 4.74 Å². The minimum Gasteiger partial charge on any atom is -0.494 e. The lowest BCUT2D eigenvalue weighted by atomic mass is 10.1. The number of amides is 1. The highest BCUT2D eigenvalue weighted by Gasteiger charge is 2.19. The van der Waals surface area contributed by atoms with Gasteiger partial charge in [0.1, 0.15) is 0 Å². The van der Waals surface area contributed by atoms with E-state index in [0.717, 1.165) is 5.56 Å². The molecule has 0 saturated heterocycles. The molecule has 2 aromatic carbocycles. The van der Waals surface area contributed by atoms with E-state index in [-0.39, 0.29) is 17.2 Å². The van der Waals surface area contributed by atoms with Crippen molar-refractivity contribution >= 4 is 23.1 Å². The normalized spacial score (nSPS) is 10.9. The van der Waals surface area contributed by atoms with Gasteiger partial charge in [-0.05, 0) is 42.8 Å². The summed E-state index contributed by atoms with van der Waals surface area (Å²) in [5.74, 6) is -2.00. The van der Waals surface area contributed by atoms with Crippen LogP contribution in [0.4, 0.5) is 20.3 Å². The summed E-state index contributed by atoms with van der Waals surface area (Å²) in [6.45, 7) is 1.83. The molecule has 7 nitrogen and oxygen atoms in total. The number of nitrogens with zero attached hydrogens (tertiary/aromatic N) is 3. The Morgan fingerprint density at radius 1 is 1.13 bits per heavy atom. The summed E-state index contributed by atoms with van der Waals surface area (Å²) in [6.07, 6.45) is 4.60. The molecule has 2 heterocycles. The molecule has 31 heavy (non-hydrogen) atoms. The van der Waals surface area contributed by atoms with E-state index in [2.05, 4.69) is 20.6 Å². The lowest BCUT2D eigenvalue weighted by molar-refractivity contribution is 0.0962. The summed E-state index contributed by atoms with van der Waals surface area (Å²) in [5, 5.41) is 5.77. The van der Waals surface area contributed by atoms with Crippen LogP contribution >= 0.6 is 0 Å². The molecule has 0 atom stereocenters. The summed E-state index contributed by atoms with van der Waals surface area (Å²) in [6, 6.07) is 8.09. The van der Waals surface area contributed by atoms with Crippen LogP contribution in [0.25, 0.3) is 16.9 Å². The zero-order chi connectivity index (χ0) is 22.1. The molecule has 4 aromatic rings. The number of fused-ring (bicyclic) bond motifs is 1. The first-order valence-electron chi connectivity index (χ1n) is 9.38. The minimum absolute atomic E-state index is 0.0497. The highest BCUT2D eigenvalue weighted by Crippen LogP contribution is 2.31. The van der Waals surface area contributed by atoms with Crippen molar-refractivity contribution in [3.63, 3.8) is 0 Å². The molecule has 1 amide bonds. The fraction of sp³-hybridized carbons (Fsp3) is 0.136. The van der Waals surface area contributed by atoms with Crippen molar-refractivity contribution in [3.8, 4) is 17.0 Å². The summed E-state index contributed by atoms with van der Waals surface area (Å²) in [4.78, 5) is 20.5. The molecule has 158 valence electrons. The topological polar surface area (TPSA) is 80.6 Å². The monoisotopic (exact) mass is 423 g/mol. The van der Waals surface area contributed by atoms with Crippen molar-refractivity contribution in [3.05, 3.63) is 71.7 Å². The van der Waals surface area contributed by atoms with Crippen LogP contribution in [0.5, 0.6) is 5.75 Å². The number of halogens is 2. The van der Waals surface area contributed by atoms with E-state index in [1.54, 1.807) is 29.8 Å². The van der Waals surface area contributed by atoms with Crippen LogP contribution in [0.1, 0.15) is 15.9 Å². The first kappa shape index (κ1) is 20.3. The Morgan fingerprint density at radius 3 is 2.65 bits per heavy atom. The van der Waals surface area contributed by atoms with Gasteiger partial charge < -0.3 is 15.4 Å². The number of hydrogen-bond acceptors (Lipinski definition) is 5. The van der Waals surface area contributed by atoms with Crippen molar-refractivity contribution in [2.45, 2.75) is 6.92 Å². The Balaban J connectivity index is 1.73. The average molecular weight is 423 g/mol. The van der Waals surface area contributed by atoms with Gasteiger partial charge in [0.2, 0.25) is 5.82 Å². The van der Waals surface area contributed by atoms with Gasteiger partial charge in [-0.3, -0.25) is 9.20 Å². The Morgan fingerprint density at radius 2 is 1.94 bits per heavy atom. The maximum atomic E-state index is 14.6. The summed E-state index contributed by atoms with van der Waals surface area (Å²) in [5.41, 5.74) is 2.91. The number of hydrogen-bond donors (Lipinski definition) is 2. The highest BCUT2D eigenvalue weighted by atomic mass is 19.2. The molecular formula is C22H19F2N5O2. The maximum Gasteiger partial charge on any atom is 0.251 e. The number of carbonyl (C=O) groups excluding carboxylic acids is 1. The van der Waals surface area contributed by atoms with Gasteiger partial charge in [-0.25, -0.2) is 14.4 Å². The van der Waals surface area contributed by atoms with Gasteiger partial charge in [0, 0.05) is 36.3 Å². The Hall–Kier alpha value is -4.01. The zero-order valence-electron chi connectivity index (χ0n) is 17.0. The van der Waals surface area contributed by atoms with Crippen molar-refractivity contribution in [2.24, 2.45) is 0 Å². The fourth-order valence-electron chi connectivity index (χ4n) is 3.36. The molecule has 0 saturated carbocycles. The molecule has 2 N–H and O–H groups in total. The molecular weight excluding hydrogens is 404 g/mol. The first-order chi connectivity index (χ1) is 14.9. The van der Waals surface area contributed by atoms with Gasteiger partial charge in [-0.1, -0.05) is 0 Å². The van der Waals surface area contributed by atoms with Gasteiger partial charge in [-0.15, -0.1) is 0 Å². The van der Waals surface area contributed by atoms with Gasteiger partial charge >= 0.3 is 0 Å². The fourth-order valence-corrected chi connectivity index (χ4v) is 3.36. The van der Waals surface area contributed by atoms with Crippen molar-refractivity contribution in [2.75, 3.05) is 19.5 Å². The van der Waals surface area contributed by atoms with Crippen LogP contribution in [0.2, 0.25) is 0 Å². The minimum atomic E-state index is -1.06. The zero-order valence-corrected chi connectivity index (χ0v) is 17.0. The van der Waals surface area contributed by atoms with Crippen LogP contribution in [0.3, 0.4) is 0 Å². The highest BCUT2D eigenvalue weighted by molar-refractivity contribution is 5.96.